The molecule has 0 aromatic heterocycles. The number of rotatable bonds is 6. The lowest BCUT2D eigenvalue weighted by atomic mass is 9.80. The van der Waals surface area contributed by atoms with Gasteiger partial charge in [-0.25, -0.2) is 0 Å². The van der Waals surface area contributed by atoms with E-state index >= 15 is 0 Å². The molecule has 0 aromatic carbocycles. The summed E-state index contributed by atoms with van der Waals surface area (Å²) in [5, 5.41) is 3.79. The molecule has 1 amide bonds. The Bertz CT molecular complexity index is 358. The Hall–Kier alpha value is -0.610. The van der Waals surface area contributed by atoms with Crippen molar-refractivity contribution in [2.45, 2.75) is 65.3 Å². The molecule has 2 atom stereocenters. The van der Waals surface area contributed by atoms with E-state index in [1.165, 1.54) is 38.5 Å². The third-order valence-electron chi connectivity index (χ3n) is 5.06. The molecule has 2 rings (SSSR count). The number of likely N-dealkylation sites (tertiary alicyclic amines) is 1. The summed E-state index contributed by atoms with van der Waals surface area (Å²) >= 11 is 0. The molecule has 1 saturated heterocycles. The van der Waals surface area contributed by atoms with Crippen LogP contribution in [0.25, 0.3) is 0 Å². The molecule has 2 aliphatic rings. The minimum atomic E-state index is -0.203. The van der Waals surface area contributed by atoms with Gasteiger partial charge < -0.3 is 11.1 Å². The molecule has 3 N–H and O–H groups in total. The SMILES string of the molecule is CC(C)(C)CC1CC(NCC2CCCC2)CN(CC(N)=O)C1. The first kappa shape index (κ1) is 17.7. The van der Waals surface area contributed by atoms with E-state index in [2.05, 4.69) is 31.0 Å². The molecule has 22 heavy (non-hydrogen) atoms. The number of primary amides is 1. The Balaban J connectivity index is 1.87. The van der Waals surface area contributed by atoms with Gasteiger partial charge in [-0.05, 0) is 49.5 Å². The number of piperidine rings is 1. The Labute approximate surface area is 136 Å². The van der Waals surface area contributed by atoms with Crippen molar-refractivity contribution in [3.63, 3.8) is 0 Å². The van der Waals surface area contributed by atoms with Crippen LogP contribution in [0.3, 0.4) is 0 Å². The summed E-state index contributed by atoms with van der Waals surface area (Å²) in [6, 6.07) is 0.515. The second-order valence-electron chi connectivity index (χ2n) is 8.78. The Morgan fingerprint density at radius 1 is 1.18 bits per heavy atom. The van der Waals surface area contributed by atoms with E-state index in [1.807, 2.05) is 0 Å². The maximum absolute atomic E-state index is 11.3. The number of nitrogens with two attached hydrogens (primary N) is 1. The van der Waals surface area contributed by atoms with Crippen LogP contribution < -0.4 is 11.1 Å². The van der Waals surface area contributed by atoms with E-state index in [-0.39, 0.29) is 5.91 Å². The van der Waals surface area contributed by atoms with E-state index in [4.69, 9.17) is 5.73 Å². The maximum atomic E-state index is 11.3. The molecule has 2 fully saturated rings. The van der Waals surface area contributed by atoms with Gasteiger partial charge in [-0.3, -0.25) is 9.69 Å². The number of hydrogen-bond acceptors (Lipinski definition) is 3. The molecule has 1 aliphatic heterocycles. The van der Waals surface area contributed by atoms with E-state index in [9.17, 15) is 4.79 Å². The summed E-state index contributed by atoms with van der Waals surface area (Å²) in [6.07, 6.45) is 8.02. The van der Waals surface area contributed by atoms with Crippen LogP contribution in [-0.4, -0.2) is 43.0 Å². The van der Waals surface area contributed by atoms with Crippen molar-refractivity contribution >= 4 is 5.91 Å². The molecular weight excluding hydrogens is 274 g/mol. The Kier molecular flexibility index (Phi) is 6.27. The summed E-state index contributed by atoms with van der Waals surface area (Å²) < 4.78 is 0. The molecule has 0 bridgehead atoms. The maximum Gasteiger partial charge on any atom is 0.231 e. The largest absolute Gasteiger partial charge is 0.369 e. The summed E-state index contributed by atoms with van der Waals surface area (Å²) in [7, 11) is 0. The first-order valence-corrected chi connectivity index (χ1v) is 9.06. The molecule has 0 aromatic rings. The minimum Gasteiger partial charge on any atom is -0.369 e. The van der Waals surface area contributed by atoms with Crippen LogP contribution in [-0.2, 0) is 4.79 Å². The van der Waals surface area contributed by atoms with Crippen molar-refractivity contribution in [2.75, 3.05) is 26.2 Å². The fourth-order valence-electron chi connectivity index (χ4n) is 4.36. The molecule has 4 heteroatoms. The molecular formula is C18H35N3O. The van der Waals surface area contributed by atoms with Gasteiger partial charge in [-0.15, -0.1) is 0 Å². The molecule has 2 unspecified atom stereocenters. The van der Waals surface area contributed by atoms with Crippen LogP contribution in [0.4, 0.5) is 0 Å². The third kappa shape index (κ3) is 6.25. The van der Waals surface area contributed by atoms with Crippen molar-refractivity contribution in [1.29, 1.82) is 0 Å². The van der Waals surface area contributed by atoms with Gasteiger partial charge in [0.15, 0.2) is 0 Å². The topological polar surface area (TPSA) is 58.4 Å². The summed E-state index contributed by atoms with van der Waals surface area (Å²) in [5.41, 5.74) is 5.76. The minimum absolute atomic E-state index is 0.203. The van der Waals surface area contributed by atoms with Gasteiger partial charge in [0, 0.05) is 19.1 Å². The summed E-state index contributed by atoms with van der Waals surface area (Å²) in [6.45, 7) is 10.5. The predicted molar refractivity (Wildman–Crippen MR) is 91.6 cm³/mol. The highest BCUT2D eigenvalue weighted by atomic mass is 16.1. The van der Waals surface area contributed by atoms with E-state index in [0.717, 1.165) is 25.6 Å². The van der Waals surface area contributed by atoms with Gasteiger partial charge in [0.2, 0.25) is 5.91 Å². The first-order chi connectivity index (χ1) is 10.3. The van der Waals surface area contributed by atoms with E-state index in [1.54, 1.807) is 0 Å². The number of hydrogen-bond donors (Lipinski definition) is 2. The highest BCUT2D eigenvalue weighted by Gasteiger charge is 2.30. The first-order valence-electron chi connectivity index (χ1n) is 9.06. The van der Waals surface area contributed by atoms with Crippen molar-refractivity contribution in [1.82, 2.24) is 10.2 Å². The lowest BCUT2D eigenvalue weighted by Crippen LogP contribution is -2.52. The molecule has 4 nitrogen and oxygen atoms in total. The number of nitrogens with zero attached hydrogens (tertiary/aromatic N) is 1. The highest BCUT2D eigenvalue weighted by molar-refractivity contribution is 5.75. The standard InChI is InChI=1S/C18H35N3O/c1-18(2,3)9-15-8-16(12-21(11-15)13-17(19)22)20-10-14-6-4-5-7-14/h14-16,20H,4-13H2,1-3H3,(H2,19,22). The van der Waals surface area contributed by atoms with Crippen LogP contribution in [0.2, 0.25) is 0 Å². The van der Waals surface area contributed by atoms with Crippen molar-refractivity contribution in [3.8, 4) is 0 Å². The smallest absolute Gasteiger partial charge is 0.231 e. The highest BCUT2D eigenvalue weighted by Crippen LogP contribution is 2.30. The Morgan fingerprint density at radius 2 is 1.86 bits per heavy atom. The average Bonchev–Trinajstić information content (AvgIpc) is 2.86. The zero-order valence-electron chi connectivity index (χ0n) is 14.7. The second-order valence-corrected chi connectivity index (χ2v) is 8.78. The van der Waals surface area contributed by atoms with Gasteiger partial charge in [0.05, 0.1) is 6.54 Å². The second kappa shape index (κ2) is 7.78. The fourth-order valence-corrected chi connectivity index (χ4v) is 4.36. The van der Waals surface area contributed by atoms with E-state index < -0.39 is 0 Å². The van der Waals surface area contributed by atoms with Crippen molar-refractivity contribution < 1.29 is 4.79 Å². The molecule has 1 saturated carbocycles. The van der Waals surface area contributed by atoms with Crippen LogP contribution in [0.1, 0.15) is 59.3 Å². The molecule has 1 aliphatic carbocycles. The number of carbonyl (C=O) groups excluding carboxylic acids is 1. The normalized spacial score (nSPS) is 28.1. The fraction of sp³-hybridized carbons (Fsp3) is 0.944. The molecule has 128 valence electrons. The quantitative estimate of drug-likeness (QED) is 0.792. The lowest BCUT2D eigenvalue weighted by Gasteiger charge is -2.40. The van der Waals surface area contributed by atoms with Crippen molar-refractivity contribution in [2.24, 2.45) is 23.0 Å². The molecule has 0 radical (unpaired) electrons. The van der Waals surface area contributed by atoms with Crippen molar-refractivity contribution in [3.05, 3.63) is 0 Å². The number of nitrogens with one attached hydrogen (secondary N) is 1. The van der Waals surface area contributed by atoms with Gasteiger partial charge in [0.1, 0.15) is 0 Å². The van der Waals surface area contributed by atoms with Crippen LogP contribution in [0.5, 0.6) is 0 Å². The lowest BCUT2D eigenvalue weighted by molar-refractivity contribution is -0.119. The van der Waals surface area contributed by atoms with E-state index in [0.29, 0.717) is 23.9 Å². The molecule has 0 spiro atoms. The Morgan fingerprint density at radius 3 is 2.45 bits per heavy atom. The zero-order valence-corrected chi connectivity index (χ0v) is 14.7. The zero-order chi connectivity index (χ0) is 16.2. The third-order valence-corrected chi connectivity index (χ3v) is 5.06. The van der Waals surface area contributed by atoms with Gasteiger partial charge in [-0.2, -0.15) is 0 Å². The summed E-state index contributed by atoms with van der Waals surface area (Å²) in [4.78, 5) is 13.6. The molecule has 1 heterocycles. The average molecular weight is 309 g/mol. The van der Waals surface area contributed by atoms with Gasteiger partial charge in [-0.1, -0.05) is 33.6 Å². The number of amides is 1. The monoisotopic (exact) mass is 309 g/mol. The summed E-state index contributed by atoms with van der Waals surface area (Å²) in [5.74, 6) is 1.33. The van der Waals surface area contributed by atoms with Crippen LogP contribution >= 0.6 is 0 Å². The van der Waals surface area contributed by atoms with Crippen LogP contribution in [0.15, 0.2) is 0 Å². The van der Waals surface area contributed by atoms with Crippen LogP contribution in [0, 0.1) is 17.3 Å². The van der Waals surface area contributed by atoms with Gasteiger partial charge >= 0.3 is 0 Å². The van der Waals surface area contributed by atoms with Gasteiger partial charge in [0.25, 0.3) is 0 Å². The number of carbonyl (C=O) groups is 1. The predicted octanol–water partition coefficient (Wildman–Crippen LogP) is 2.38.